The molecule has 1 rings (SSSR count). The Morgan fingerprint density at radius 1 is 1.25 bits per heavy atom. The van der Waals surface area contributed by atoms with Crippen LogP contribution in [0.2, 0.25) is 5.02 Å². The average Bonchev–Trinajstić information content (AvgIpc) is 2.19. The lowest BCUT2D eigenvalue weighted by atomic mass is 10.2. The summed E-state index contributed by atoms with van der Waals surface area (Å²) in [5, 5.41) is 0.228. The fourth-order valence-electron chi connectivity index (χ4n) is 1.14. The Morgan fingerprint density at radius 3 is 2.12 bits per heavy atom. The van der Waals surface area contributed by atoms with Crippen molar-refractivity contribution in [1.82, 2.24) is 0 Å². The fraction of sp³-hybridized carbons (Fsp3) is 0.455. The van der Waals surface area contributed by atoms with Crippen molar-refractivity contribution in [3.8, 4) is 5.75 Å². The molecule has 3 nitrogen and oxygen atoms in total. The third-order valence-electron chi connectivity index (χ3n) is 1.85. The number of sulfone groups is 1. The van der Waals surface area contributed by atoms with Gasteiger partial charge in [0.1, 0.15) is 5.75 Å². The van der Waals surface area contributed by atoms with Crippen molar-refractivity contribution in [1.29, 1.82) is 0 Å². The van der Waals surface area contributed by atoms with E-state index in [0.29, 0.717) is 5.75 Å². The molecule has 0 aliphatic heterocycles. The average molecular weight is 265 g/mol. The normalized spacial score (nSPS) is 10.4. The van der Waals surface area contributed by atoms with Crippen molar-refractivity contribution in [2.75, 3.05) is 13.4 Å². The molecule has 1 aromatic carbocycles. The lowest BCUT2D eigenvalue weighted by Crippen LogP contribution is -2.00. The summed E-state index contributed by atoms with van der Waals surface area (Å²) in [4.78, 5) is 0.0987. The van der Waals surface area contributed by atoms with E-state index in [1.165, 1.54) is 13.2 Å². The SMILES string of the molecule is CC.COc1cc(S(C)(=O)=O)c(Cl)cc1C. The molecule has 0 saturated heterocycles. The molecule has 0 heterocycles. The Morgan fingerprint density at radius 2 is 1.75 bits per heavy atom. The molecule has 0 fully saturated rings. The molecule has 0 N–H and O–H groups in total. The molecule has 0 spiro atoms. The van der Waals surface area contributed by atoms with Crippen LogP contribution in [0.25, 0.3) is 0 Å². The van der Waals surface area contributed by atoms with Gasteiger partial charge in [-0.2, -0.15) is 0 Å². The first-order valence-electron chi connectivity index (χ1n) is 4.90. The molecule has 0 unspecified atom stereocenters. The van der Waals surface area contributed by atoms with Gasteiger partial charge in [-0.1, -0.05) is 25.4 Å². The van der Waals surface area contributed by atoms with Gasteiger partial charge in [0.25, 0.3) is 0 Å². The predicted molar refractivity (Wildman–Crippen MR) is 67.2 cm³/mol. The first-order chi connectivity index (χ1) is 7.36. The summed E-state index contributed by atoms with van der Waals surface area (Å²) in [6.45, 7) is 5.80. The summed E-state index contributed by atoms with van der Waals surface area (Å²) in [6, 6.07) is 3.02. The topological polar surface area (TPSA) is 43.4 Å². The number of ether oxygens (including phenoxy) is 1. The monoisotopic (exact) mass is 264 g/mol. The van der Waals surface area contributed by atoms with Crippen molar-refractivity contribution in [2.45, 2.75) is 25.7 Å². The molecule has 0 atom stereocenters. The number of halogens is 1. The Balaban J connectivity index is 0.00000106. The highest BCUT2D eigenvalue weighted by Gasteiger charge is 2.14. The van der Waals surface area contributed by atoms with Crippen LogP contribution in [0, 0.1) is 6.92 Å². The third kappa shape index (κ3) is 3.68. The van der Waals surface area contributed by atoms with Crippen molar-refractivity contribution in [2.24, 2.45) is 0 Å². The van der Waals surface area contributed by atoms with E-state index in [9.17, 15) is 8.42 Å². The maximum Gasteiger partial charge on any atom is 0.177 e. The highest BCUT2D eigenvalue weighted by atomic mass is 35.5. The van der Waals surface area contributed by atoms with Gasteiger partial charge >= 0.3 is 0 Å². The van der Waals surface area contributed by atoms with Gasteiger partial charge in [-0.25, -0.2) is 8.42 Å². The standard InChI is InChI=1S/C9H11ClO3S.C2H6/c1-6-4-7(10)9(14(3,11)12)5-8(6)13-2;1-2/h4-5H,1-3H3;1-2H3. The summed E-state index contributed by atoms with van der Waals surface area (Å²) in [5.74, 6) is 0.523. The molecule has 5 heteroatoms. The molecule has 0 aliphatic rings. The van der Waals surface area contributed by atoms with Gasteiger partial charge in [-0.3, -0.25) is 0 Å². The van der Waals surface area contributed by atoms with Crippen molar-refractivity contribution in [3.63, 3.8) is 0 Å². The molecular weight excluding hydrogens is 248 g/mol. The number of methoxy groups -OCH3 is 1. The summed E-state index contributed by atoms with van der Waals surface area (Å²) in [7, 11) is -1.81. The van der Waals surface area contributed by atoms with Crippen LogP contribution in [0.3, 0.4) is 0 Å². The third-order valence-corrected chi connectivity index (χ3v) is 3.41. The zero-order valence-corrected chi connectivity index (χ0v) is 11.7. The highest BCUT2D eigenvalue weighted by molar-refractivity contribution is 7.90. The van der Waals surface area contributed by atoms with Crippen LogP contribution in [0.1, 0.15) is 19.4 Å². The summed E-state index contributed by atoms with van der Waals surface area (Å²) in [6.07, 6.45) is 1.11. The Kier molecular flexibility index (Phi) is 5.83. The first kappa shape index (κ1) is 15.3. The zero-order chi connectivity index (χ0) is 12.9. The molecule has 0 saturated carbocycles. The fourth-order valence-corrected chi connectivity index (χ4v) is 2.51. The minimum atomic E-state index is -3.29. The maximum absolute atomic E-state index is 11.3. The molecule has 0 aliphatic carbocycles. The van der Waals surface area contributed by atoms with Crippen molar-refractivity contribution >= 4 is 21.4 Å². The molecule has 0 bridgehead atoms. The van der Waals surface area contributed by atoms with E-state index in [2.05, 4.69) is 0 Å². The van der Waals surface area contributed by atoms with Gasteiger partial charge in [0.2, 0.25) is 0 Å². The number of hydrogen-bond acceptors (Lipinski definition) is 3. The highest BCUT2D eigenvalue weighted by Crippen LogP contribution is 2.29. The molecule has 92 valence electrons. The second-order valence-electron chi connectivity index (χ2n) is 3.02. The second-order valence-corrected chi connectivity index (χ2v) is 5.42. The van der Waals surface area contributed by atoms with E-state index >= 15 is 0 Å². The summed E-state index contributed by atoms with van der Waals surface area (Å²) in [5.41, 5.74) is 0.810. The van der Waals surface area contributed by atoms with Crippen LogP contribution in [0.15, 0.2) is 17.0 Å². The van der Waals surface area contributed by atoms with Gasteiger partial charge in [0.15, 0.2) is 9.84 Å². The van der Waals surface area contributed by atoms with Crippen molar-refractivity contribution in [3.05, 3.63) is 22.7 Å². The molecular formula is C11H17ClO3S. The smallest absolute Gasteiger partial charge is 0.177 e. The van der Waals surface area contributed by atoms with E-state index in [-0.39, 0.29) is 9.92 Å². The molecule has 0 amide bonds. The minimum absolute atomic E-state index is 0.0987. The van der Waals surface area contributed by atoms with E-state index in [0.717, 1.165) is 11.8 Å². The van der Waals surface area contributed by atoms with Crippen molar-refractivity contribution < 1.29 is 13.2 Å². The Hall–Kier alpha value is -0.740. The van der Waals surface area contributed by atoms with Crippen LogP contribution < -0.4 is 4.74 Å². The maximum atomic E-state index is 11.3. The van der Waals surface area contributed by atoms with E-state index in [4.69, 9.17) is 16.3 Å². The van der Waals surface area contributed by atoms with Gasteiger partial charge in [0, 0.05) is 12.3 Å². The van der Waals surface area contributed by atoms with Crippen LogP contribution in [0.5, 0.6) is 5.75 Å². The molecule has 1 aromatic rings. The number of hydrogen-bond donors (Lipinski definition) is 0. The van der Waals surface area contributed by atoms with Gasteiger partial charge in [0.05, 0.1) is 17.0 Å². The zero-order valence-electron chi connectivity index (χ0n) is 10.2. The molecule has 0 radical (unpaired) electrons. The van der Waals surface area contributed by atoms with Crippen LogP contribution in [0.4, 0.5) is 0 Å². The Bertz CT molecular complexity index is 453. The summed E-state index contributed by atoms with van der Waals surface area (Å²) < 4.78 is 27.6. The van der Waals surface area contributed by atoms with Gasteiger partial charge in [-0.15, -0.1) is 0 Å². The minimum Gasteiger partial charge on any atom is -0.496 e. The molecule has 0 aromatic heterocycles. The second kappa shape index (κ2) is 6.11. The largest absolute Gasteiger partial charge is 0.496 e. The van der Waals surface area contributed by atoms with E-state index in [1.807, 2.05) is 13.8 Å². The predicted octanol–water partition coefficient (Wildman–Crippen LogP) is 3.09. The quantitative estimate of drug-likeness (QED) is 0.824. The lowest BCUT2D eigenvalue weighted by molar-refractivity contribution is 0.410. The number of rotatable bonds is 2. The van der Waals surface area contributed by atoms with Crippen LogP contribution in [-0.4, -0.2) is 21.8 Å². The number of benzene rings is 1. The summed E-state index contributed by atoms with van der Waals surface area (Å²) >= 11 is 5.81. The van der Waals surface area contributed by atoms with E-state index in [1.54, 1.807) is 13.0 Å². The van der Waals surface area contributed by atoms with Gasteiger partial charge in [-0.05, 0) is 18.6 Å². The first-order valence-corrected chi connectivity index (χ1v) is 7.17. The Labute approximate surface area is 102 Å². The van der Waals surface area contributed by atoms with E-state index < -0.39 is 9.84 Å². The van der Waals surface area contributed by atoms with Crippen LogP contribution >= 0.6 is 11.6 Å². The molecule has 16 heavy (non-hydrogen) atoms. The lowest BCUT2D eigenvalue weighted by Gasteiger charge is -2.08. The van der Waals surface area contributed by atoms with Crippen LogP contribution in [-0.2, 0) is 9.84 Å². The van der Waals surface area contributed by atoms with Gasteiger partial charge < -0.3 is 4.74 Å². The number of aryl methyl sites for hydroxylation is 1.